The number of hydrogen-bond acceptors (Lipinski definition) is 6. The first-order valence-corrected chi connectivity index (χ1v) is 13.7. The third kappa shape index (κ3) is 3.05. The Morgan fingerprint density at radius 2 is 1.61 bits per heavy atom. The topological polar surface area (TPSA) is 108 Å². The van der Waals surface area contributed by atoms with Gasteiger partial charge in [-0.05, 0) is 40.9 Å². The third-order valence-electron chi connectivity index (χ3n) is 8.49. The fourth-order valence-corrected chi connectivity index (χ4v) is 10.1. The summed E-state index contributed by atoms with van der Waals surface area (Å²) in [6, 6.07) is 18.6. The molecule has 0 radical (unpaired) electrons. The van der Waals surface area contributed by atoms with Gasteiger partial charge in [0.25, 0.3) is 0 Å². The van der Waals surface area contributed by atoms with Crippen LogP contribution in [0.1, 0.15) is 22.8 Å². The maximum Gasteiger partial charge on any atom is 0.323 e. The Labute approximate surface area is 214 Å². The minimum absolute atomic E-state index is 0.00658. The SMILES string of the molecule is O=C(O)CN1C(=O)[C@@H]2[C@H]3C[C@@H]([C@@H]4Sc5[nH]c(=O)sc5[C@H](c5ccc(-c6ccccc6)cc5)[C@@H]34)[C@H]2C1=O. The Morgan fingerprint density at radius 3 is 2.31 bits per heavy atom. The molecule has 7 rings (SSSR count). The number of carbonyl (C=O) groups is 3. The molecule has 0 unspecified atom stereocenters. The highest BCUT2D eigenvalue weighted by Gasteiger charge is 2.69. The van der Waals surface area contributed by atoms with Crippen LogP contribution in [-0.4, -0.2) is 44.6 Å². The molecule has 2 amide bonds. The van der Waals surface area contributed by atoms with E-state index < -0.39 is 24.3 Å². The third-order valence-corrected chi connectivity index (χ3v) is 11.1. The number of carbonyl (C=O) groups excluding carboxylic acids is 2. The first kappa shape index (κ1) is 22.1. The van der Waals surface area contributed by atoms with E-state index in [4.69, 9.17) is 0 Å². The number of benzene rings is 2. The van der Waals surface area contributed by atoms with Crippen LogP contribution in [0.3, 0.4) is 0 Å². The second-order valence-corrected chi connectivity index (χ2v) is 12.3. The molecule has 2 saturated carbocycles. The molecule has 3 fully saturated rings. The van der Waals surface area contributed by atoms with Crippen molar-refractivity contribution in [3.05, 3.63) is 74.7 Å². The number of hydrogen-bond donors (Lipinski definition) is 2. The molecule has 7 atom stereocenters. The molecule has 2 aromatic carbocycles. The molecule has 0 spiro atoms. The van der Waals surface area contributed by atoms with Crippen LogP contribution < -0.4 is 4.87 Å². The summed E-state index contributed by atoms with van der Waals surface area (Å²) in [5, 5.41) is 10.2. The van der Waals surface area contributed by atoms with Crippen LogP contribution in [-0.2, 0) is 14.4 Å². The minimum Gasteiger partial charge on any atom is -0.480 e. The zero-order valence-electron chi connectivity index (χ0n) is 19.0. The van der Waals surface area contributed by atoms with Gasteiger partial charge in [-0.3, -0.25) is 24.1 Å². The van der Waals surface area contributed by atoms with Crippen LogP contribution in [0.4, 0.5) is 0 Å². The van der Waals surface area contributed by atoms with Crippen LogP contribution in [0.5, 0.6) is 0 Å². The molecule has 9 heteroatoms. The first-order valence-electron chi connectivity index (χ1n) is 12.0. The lowest BCUT2D eigenvalue weighted by atomic mass is 9.68. The number of thioether (sulfide) groups is 1. The smallest absolute Gasteiger partial charge is 0.323 e. The molecule has 182 valence electrons. The molecule has 2 bridgehead atoms. The van der Waals surface area contributed by atoms with Crippen molar-refractivity contribution in [2.75, 3.05) is 6.54 Å². The van der Waals surface area contributed by atoms with Gasteiger partial charge in [-0.25, -0.2) is 0 Å². The second-order valence-electron chi connectivity index (χ2n) is 10.1. The van der Waals surface area contributed by atoms with E-state index in [1.54, 1.807) is 11.8 Å². The van der Waals surface area contributed by atoms with Gasteiger partial charge in [-0.15, -0.1) is 11.8 Å². The maximum absolute atomic E-state index is 13.3. The highest BCUT2D eigenvalue weighted by Crippen LogP contribution is 2.68. The molecule has 4 aliphatic rings. The van der Waals surface area contributed by atoms with E-state index in [9.17, 15) is 24.3 Å². The van der Waals surface area contributed by atoms with E-state index in [0.29, 0.717) is 0 Å². The Kier molecular flexibility index (Phi) is 4.85. The lowest BCUT2D eigenvalue weighted by Gasteiger charge is -2.43. The van der Waals surface area contributed by atoms with Crippen LogP contribution in [0.25, 0.3) is 11.1 Å². The number of aromatic nitrogens is 1. The number of rotatable bonds is 4. The van der Waals surface area contributed by atoms with Crippen LogP contribution in [0.2, 0.25) is 0 Å². The predicted molar refractivity (Wildman–Crippen MR) is 135 cm³/mol. The van der Waals surface area contributed by atoms with Crippen LogP contribution >= 0.6 is 23.1 Å². The highest BCUT2D eigenvalue weighted by molar-refractivity contribution is 8.00. The van der Waals surface area contributed by atoms with Crippen molar-refractivity contribution in [2.45, 2.75) is 22.6 Å². The van der Waals surface area contributed by atoms with E-state index >= 15 is 0 Å². The normalized spacial score (nSPS) is 31.9. The number of H-pyrrole nitrogens is 1. The molecular weight excluding hydrogens is 496 g/mol. The number of nitrogens with one attached hydrogen (secondary N) is 1. The van der Waals surface area contributed by atoms with Crippen molar-refractivity contribution in [3.63, 3.8) is 0 Å². The van der Waals surface area contributed by atoms with Gasteiger partial charge in [0.2, 0.25) is 11.8 Å². The average molecular weight is 519 g/mol. The summed E-state index contributed by atoms with van der Waals surface area (Å²) >= 11 is 2.87. The fourth-order valence-electron chi connectivity index (χ4n) is 7.26. The molecule has 36 heavy (non-hydrogen) atoms. The van der Waals surface area contributed by atoms with E-state index in [-0.39, 0.29) is 45.6 Å². The van der Waals surface area contributed by atoms with Crippen LogP contribution in [0, 0.1) is 29.6 Å². The number of nitrogens with zero attached hydrogens (tertiary/aromatic N) is 1. The zero-order valence-corrected chi connectivity index (χ0v) is 20.6. The average Bonchev–Trinajstić information content (AvgIpc) is 3.60. The largest absolute Gasteiger partial charge is 0.480 e. The van der Waals surface area contributed by atoms with Crippen molar-refractivity contribution < 1.29 is 19.5 Å². The van der Waals surface area contributed by atoms with Gasteiger partial charge < -0.3 is 10.1 Å². The summed E-state index contributed by atoms with van der Waals surface area (Å²) in [7, 11) is 0. The van der Waals surface area contributed by atoms with Crippen molar-refractivity contribution >= 4 is 40.9 Å². The second kappa shape index (κ2) is 7.91. The summed E-state index contributed by atoms with van der Waals surface area (Å²) in [5.74, 6) is -2.74. The predicted octanol–water partition coefficient (Wildman–Crippen LogP) is 3.66. The van der Waals surface area contributed by atoms with Crippen molar-refractivity contribution in [3.8, 4) is 11.1 Å². The van der Waals surface area contributed by atoms with Gasteiger partial charge in [0, 0.05) is 16.0 Å². The summed E-state index contributed by atoms with van der Waals surface area (Å²) in [4.78, 5) is 55.0. The Bertz CT molecular complexity index is 1460. The minimum atomic E-state index is -1.17. The maximum atomic E-state index is 13.3. The molecule has 2 aliphatic heterocycles. The van der Waals surface area contributed by atoms with E-state index in [1.165, 1.54) is 11.3 Å². The molecule has 3 heterocycles. The molecule has 2 aliphatic carbocycles. The summed E-state index contributed by atoms with van der Waals surface area (Å²) in [5.41, 5.74) is 3.34. The molecule has 1 aromatic heterocycles. The van der Waals surface area contributed by atoms with Crippen LogP contribution in [0.15, 0.2) is 64.4 Å². The van der Waals surface area contributed by atoms with Gasteiger partial charge in [0.15, 0.2) is 0 Å². The molecule has 7 nitrogen and oxygen atoms in total. The highest BCUT2D eigenvalue weighted by atomic mass is 32.2. The lowest BCUT2D eigenvalue weighted by molar-refractivity contribution is -0.149. The number of amides is 2. The monoisotopic (exact) mass is 518 g/mol. The van der Waals surface area contributed by atoms with E-state index in [0.717, 1.165) is 37.9 Å². The van der Waals surface area contributed by atoms with Crippen molar-refractivity contribution in [2.24, 2.45) is 29.6 Å². The van der Waals surface area contributed by atoms with E-state index in [2.05, 4.69) is 41.4 Å². The molecule has 3 aromatic rings. The lowest BCUT2D eigenvalue weighted by Crippen LogP contribution is -2.42. The number of likely N-dealkylation sites (tertiary alicyclic amines) is 1. The number of carboxylic acid groups (broad SMARTS) is 1. The number of imide groups is 1. The van der Waals surface area contributed by atoms with Gasteiger partial charge >= 0.3 is 10.8 Å². The van der Waals surface area contributed by atoms with Gasteiger partial charge in [-0.2, -0.15) is 0 Å². The summed E-state index contributed by atoms with van der Waals surface area (Å²) in [6.45, 7) is -0.572. The summed E-state index contributed by atoms with van der Waals surface area (Å²) < 4.78 is 0. The molecular formula is C27H22N2O5S2. The number of aliphatic carboxylic acids is 1. The summed E-state index contributed by atoms with van der Waals surface area (Å²) in [6.07, 6.45) is 0.786. The Balaban J connectivity index is 1.29. The van der Waals surface area contributed by atoms with Gasteiger partial charge in [0.05, 0.1) is 16.9 Å². The zero-order chi connectivity index (χ0) is 24.7. The van der Waals surface area contributed by atoms with Crippen molar-refractivity contribution in [1.82, 2.24) is 9.88 Å². The van der Waals surface area contributed by atoms with E-state index in [1.807, 2.05) is 18.2 Å². The molecule has 2 N–H and O–H groups in total. The quantitative estimate of drug-likeness (QED) is 0.511. The molecule has 1 saturated heterocycles. The standard InChI is InChI=1S/C27H22N2O5S2/c30-17(31)11-29-25(32)20-15-10-16(21(20)26(29)33)22-19(15)18(23-24(35-22)28-27(34)36-23)14-8-6-13(7-9-14)12-4-2-1-3-5-12/h1-9,15-16,18-22H,10-11H2,(H,28,34)(H,30,31)/t15-,16+,18+,19+,20+,21+,22-/m0/s1. The number of fused-ring (bicyclic) bond motifs is 9. The van der Waals surface area contributed by atoms with Gasteiger partial charge in [0.1, 0.15) is 6.54 Å². The number of carboxylic acids is 1. The first-order chi connectivity index (χ1) is 17.4. The van der Waals surface area contributed by atoms with Gasteiger partial charge in [-0.1, -0.05) is 65.9 Å². The Hall–Kier alpha value is -3.17. The van der Waals surface area contributed by atoms with Crippen molar-refractivity contribution in [1.29, 1.82) is 0 Å². The Morgan fingerprint density at radius 1 is 0.944 bits per heavy atom. The number of thiazole rings is 1. The number of aromatic amines is 1. The fraction of sp³-hybridized carbons (Fsp3) is 0.333.